The van der Waals surface area contributed by atoms with E-state index >= 15 is 0 Å². The van der Waals surface area contributed by atoms with Gasteiger partial charge in [-0.25, -0.2) is 0 Å². The topological polar surface area (TPSA) is 29.3 Å². The largest absolute Gasteiger partial charge is 0.368 e. The molecule has 0 bridgehead atoms. The normalized spacial score (nSPS) is 21.1. The second-order valence-electron chi connectivity index (χ2n) is 4.40. The van der Waals surface area contributed by atoms with E-state index < -0.39 is 0 Å². The van der Waals surface area contributed by atoms with Gasteiger partial charge in [-0.2, -0.15) is 0 Å². The highest BCUT2D eigenvalue weighted by Gasteiger charge is 2.21. The van der Waals surface area contributed by atoms with E-state index in [1.807, 2.05) is 0 Å². The van der Waals surface area contributed by atoms with Crippen LogP contribution < -0.4 is 10.6 Å². The summed E-state index contributed by atoms with van der Waals surface area (Å²) in [5.74, 6) is 0. The molecule has 2 N–H and O–H groups in total. The summed E-state index contributed by atoms with van der Waals surface area (Å²) in [5, 5.41) is 0. The summed E-state index contributed by atoms with van der Waals surface area (Å²) >= 11 is 3.54. The van der Waals surface area contributed by atoms with Gasteiger partial charge in [-0.1, -0.05) is 22.0 Å². The van der Waals surface area contributed by atoms with Gasteiger partial charge < -0.3 is 10.6 Å². The molecule has 1 unspecified atom stereocenters. The highest BCUT2D eigenvalue weighted by atomic mass is 79.9. The van der Waals surface area contributed by atoms with Gasteiger partial charge in [-0.05, 0) is 50.4 Å². The molecule has 1 heterocycles. The van der Waals surface area contributed by atoms with Crippen LogP contribution >= 0.6 is 15.9 Å². The van der Waals surface area contributed by atoms with Crippen LogP contribution in [-0.4, -0.2) is 19.1 Å². The average Bonchev–Trinajstić information content (AvgIpc) is 2.30. The van der Waals surface area contributed by atoms with E-state index in [9.17, 15) is 0 Å². The zero-order valence-corrected chi connectivity index (χ0v) is 11.1. The van der Waals surface area contributed by atoms with E-state index in [0.717, 1.165) is 17.4 Å². The van der Waals surface area contributed by atoms with Gasteiger partial charge in [-0.3, -0.25) is 0 Å². The molecule has 1 aromatic rings. The number of benzene rings is 1. The molecule has 1 aliphatic heterocycles. The third-order valence-electron chi connectivity index (χ3n) is 3.27. The molecule has 1 fully saturated rings. The summed E-state index contributed by atoms with van der Waals surface area (Å²) in [6.45, 7) is 1.95. The van der Waals surface area contributed by atoms with Crippen molar-refractivity contribution in [2.24, 2.45) is 5.73 Å². The Balaban J connectivity index is 2.16. The molecule has 0 aromatic heterocycles. The van der Waals surface area contributed by atoms with E-state index in [1.54, 1.807) is 0 Å². The second-order valence-corrected chi connectivity index (χ2v) is 5.32. The first-order valence-corrected chi connectivity index (χ1v) is 6.83. The minimum atomic E-state index is 0.632. The van der Waals surface area contributed by atoms with Crippen molar-refractivity contribution in [2.75, 3.05) is 18.0 Å². The van der Waals surface area contributed by atoms with Crippen molar-refractivity contribution in [3.63, 3.8) is 0 Å². The number of piperidine rings is 1. The molecule has 88 valence electrons. The summed E-state index contributed by atoms with van der Waals surface area (Å²) in [7, 11) is 0. The summed E-state index contributed by atoms with van der Waals surface area (Å²) in [5.41, 5.74) is 7.02. The number of nitrogens with zero attached hydrogens (tertiary/aromatic N) is 1. The van der Waals surface area contributed by atoms with Crippen LogP contribution in [0, 0.1) is 0 Å². The molecule has 1 atom stereocenters. The molecular formula is C13H19BrN2. The van der Waals surface area contributed by atoms with Crippen LogP contribution in [0.1, 0.15) is 25.7 Å². The summed E-state index contributed by atoms with van der Waals surface area (Å²) in [6, 6.07) is 9.21. The number of halogens is 1. The van der Waals surface area contributed by atoms with Crippen LogP contribution in [0.4, 0.5) is 5.69 Å². The Morgan fingerprint density at radius 1 is 1.38 bits per heavy atom. The SMILES string of the molecule is NCCC1CCCCN1c1cccc(Br)c1. The Morgan fingerprint density at radius 3 is 3.00 bits per heavy atom. The van der Waals surface area contributed by atoms with Crippen molar-refractivity contribution < 1.29 is 0 Å². The highest BCUT2D eigenvalue weighted by molar-refractivity contribution is 9.10. The number of rotatable bonds is 3. The number of nitrogens with two attached hydrogens (primary N) is 1. The van der Waals surface area contributed by atoms with Crippen LogP contribution in [0.5, 0.6) is 0 Å². The maximum atomic E-state index is 5.69. The Hall–Kier alpha value is -0.540. The van der Waals surface area contributed by atoms with E-state index in [-0.39, 0.29) is 0 Å². The van der Waals surface area contributed by atoms with Gasteiger partial charge in [0.15, 0.2) is 0 Å². The molecule has 0 radical (unpaired) electrons. The molecule has 0 saturated carbocycles. The van der Waals surface area contributed by atoms with Crippen molar-refractivity contribution in [3.8, 4) is 0 Å². The molecule has 1 aromatic carbocycles. The lowest BCUT2D eigenvalue weighted by Crippen LogP contribution is -2.40. The highest BCUT2D eigenvalue weighted by Crippen LogP contribution is 2.28. The fourth-order valence-electron chi connectivity index (χ4n) is 2.49. The Labute approximate surface area is 106 Å². The van der Waals surface area contributed by atoms with E-state index in [2.05, 4.69) is 45.1 Å². The fourth-order valence-corrected chi connectivity index (χ4v) is 2.87. The van der Waals surface area contributed by atoms with Crippen LogP contribution in [0.2, 0.25) is 0 Å². The van der Waals surface area contributed by atoms with Gasteiger partial charge in [0.1, 0.15) is 0 Å². The van der Waals surface area contributed by atoms with E-state index in [1.165, 1.54) is 31.5 Å². The molecule has 0 spiro atoms. The van der Waals surface area contributed by atoms with E-state index in [4.69, 9.17) is 5.73 Å². The molecule has 3 heteroatoms. The van der Waals surface area contributed by atoms with Crippen molar-refractivity contribution in [2.45, 2.75) is 31.7 Å². The third kappa shape index (κ3) is 2.77. The first-order valence-electron chi connectivity index (χ1n) is 6.03. The van der Waals surface area contributed by atoms with Gasteiger partial charge in [0, 0.05) is 22.7 Å². The first kappa shape index (κ1) is 11.9. The second kappa shape index (κ2) is 5.69. The van der Waals surface area contributed by atoms with Crippen molar-refractivity contribution >= 4 is 21.6 Å². The monoisotopic (exact) mass is 282 g/mol. The fraction of sp³-hybridized carbons (Fsp3) is 0.538. The van der Waals surface area contributed by atoms with Crippen LogP contribution in [0.3, 0.4) is 0 Å². The smallest absolute Gasteiger partial charge is 0.0380 e. The summed E-state index contributed by atoms with van der Waals surface area (Å²) in [4.78, 5) is 2.52. The quantitative estimate of drug-likeness (QED) is 0.923. The average molecular weight is 283 g/mol. The lowest BCUT2D eigenvalue weighted by molar-refractivity contribution is 0.442. The van der Waals surface area contributed by atoms with Crippen molar-refractivity contribution in [3.05, 3.63) is 28.7 Å². The Kier molecular flexibility index (Phi) is 4.24. The molecule has 16 heavy (non-hydrogen) atoms. The van der Waals surface area contributed by atoms with Gasteiger partial charge >= 0.3 is 0 Å². The Morgan fingerprint density at radius 2 is 2.25 bits per heavy atom. The minimum absolute atomic E-state index is 0.632. The van der Waals surface area contributed by atoms with Gasteiger partial charge in [0.05, 0.1) is 0 Å². The predicted octanol–water partition coefficient (Wildman–Crippen LogP) is 3.16. The van der Waals surface area contributed by atoms with E-state index in [0.29, 0.717) is 6.04 Å². The van der Waals surface area contributed by atoms with Crippen LogP contribution in [0.25, 0.3) is 0 Å². The summed E-state index contributed by atoms with van der Waals surface area (Å²) in [6.07, 6.45) is 5.03. The number of anilines is 1. The maximum Gasteiger partial charge on any atom is 0.0380 e. The first-order chi connectivity index (χ1) is 7.81. The lowest BCUT2D eigenvalue weighted by atomic mass is 9.98. The maximum absolute atomic E-state index is 5.69. The Bertz CT molecular complexity index is 338. The predicted molar refractivity (Wildman–Crippen MR) is 72.8 cm³/mol. The molecule has 0 aliphatic carbocycles. The molecule has 2 rings (SSSR count). The third-order valence-corrected chi connectivity index (χ3v) is 3.76. The van der Waals surface area contributed by atoms with Crippen LogP contribution in [-0.2, 0) is 0 Å². The molecule has 1 aliphatic rings. The molecule has 1 saturated heterocycles. The van der Waals surface area contributed by atoms with Crippen LogP contribution in [0.15, 0.2) is 28.7 Å². The zero-order chi connectivity index (χ0) is 11.4. The summed E-state index contributed by atoms with van der Waals surface area (Å²) < 4.78 is 1.15. The standard InChI is InChI=1S/C13H19BrN2/c14-11-4-3-6-13(10-11)16-9-2-1-5-12(16)7-8-15/h3-4,6,10,12H,1-2,5,7-9,15H2. The molecular weight excluding hydrogens is 264 g/mol. The van der Waals surface area contributed by atoms with Gasteiger partial charge in [0.25, 0.3) is 0 Å². The number of hydrogen-bond acceptors (Lipinski definition) is 2. The molecule has 2 nitrogen and oxygen atoms in total. The molecule has 0 amide bonds. The van der Waals surface area contributed by atoms with Gasteiger partial charge in [-0.15, -0.1) is 0 Å². The van der Waals surface area contributed by atoms with Gasteiger partial charge in [0.2, 0.25) is 0 Å². The van der Waals surface area contributed by atoms with Crippen molar-refractivity contribution in [1.29, 1.82) is 0 Å². The number of hydrogen-bond donors (Lipinski definition) is 1. The lowest BCUT2D eigenvalue weighted by Gasteiger charge is -2.37. The van der Waals surface area contributed by atoms with Crippen molar-refractivity contribution in [1.82, 2.24) is 0 Å². The minimum Gasteiger partial charge on any atom is -0.368 e. The zero-order valence-electron chi connectivity index (χ0n) is 9.53.